The average Bonchev–Trinajstić information content (AvgIpc) is 2.43. The van der Waals surface area contributed by atoms with Gasteiger partial charge in [0.2, 0.25) is 5.91 Å². The van der Waals surface area contributed by atoms with Crippen LogP contribution in [0.25, 0.3) is 0 Å². The summed E-state index contributed by atoms with van der Waals surface area (Å²) >= 11 is 0. The van der Waals surface area contributed by atoms with Crippen molar-refractivity contribution < 1.29 is 4.79 Å². The number of benzene rings is 1. The molecule has 72 valence electrons. The van der Waals surface area contributed by atoms with Gasteiger partial charge in [-0.15, -0.1) is 0 Å². The maximum atomic E-state index is 11.2. The molecule has 1 heterocycles. The molecule has 1 aliphatic rings. The van der Waals surface area contributed by atoms with E-state index in [4.69, 9.17) is 17.0 Å². The maximum Gasteiger partial charge on any atom is 0.245 e. The van der Waals surface area contributed by atoms with Gasteiger partial charge >= 0.3 is 0 Å². The van der Waals surface area contributed by atoms with E-state index in [2.05, 4.69) is 0 Å². The first-order valence-electron chi connectivity index (χ1n) is 4.14. The number of carbonyl (C=O) groups is 1. The van der Waals surface area contributed by atoms with Gasteiger partial charge in [0.25, 0.3) is 0 Å². The predicted octanol–water partition coefficient (Wildman–Crippen LogP) is -0.267. The Bertz CT molecular complexity index is 427. The van der Waals surface area contributed by atoms with Crippen molar-refractivity contribution in [2.45, 2.75) is 6.42 Å². The van der Waals surface area contributed by atoms with Gasteiger partial charge in [-0.2, -0.15) is 0 Å². The lowest BCUT2D eigenvalue weighted by Crippen LogP contribution is -2.33. The van der Waals surface area contributed by atoms with Crippen LogP contribution in [0, 0.1) is 5.41 Å². The molecule has 1 aliphatic heterocycles. The van der Waals surface area contributed by atoms with Crippen molar-refractivity contribution in [3.05, 3.63) is 29.3 Å². The third-order valence-electron chi connectivity index (χ3n) is 2.27. The van der Waals surface area contributed by atoms with Crippen LogP contribution in [0.1, 0.15) is 11.1 Å². The first-order valence-corrected chi connectivity index (χ1v) is 4.14. The lowest BCUT2D eigenvalue weighted by Gasteiger charge is -2.10. The highest BCUT2D eigenvalue weighted by Crippen LogP contribution is 2.27. The molecule has 2 rings (SSSR count). The van der Waals surface area contributed by atoms with E-state index in [1.54, 1.807) is 18.2 Å². The zero-order chi connectivity index (χ0) is 10.3. The van der Waals surface area contributed by atoms with E-state index in [9.17, 15) is 4.79 Å². The van der Waals surface area contributed by atoms with Crippen molar-refractivity contribution in [2.75, 3.05) is 5.01 Å². The van der Waals surface area contributed by atoms with Gasteiger partial charge in [-0.25, -0.2) is 10.9 Å². The van der Waals surface area contributed by atoms with Gasteiger partial charge < -0.3 is 5.73 Å². The highest BCUT2D eigenvalue weighted by atomic mass is 16.2. The monoisotopic (exact) mass is 190 g/mol. The van der Waals surface area contributed by atoms with Crippen LogP contribution < -0.4 is 16.6 Å². The molecular formula is C9H10N4O. The molecule has 5 heteroatoms. The zero-order valence-electron chi connectivity index (χ0n) is 7.45. The molecule has 1 aromatic rings. The third-order valence-corrected chi connectivity index (χ3v) is 2.27. The highest BCUT2D eigenvalue weighted by molar-refractivity contribution is 6.03. The minimum Gasteiger partial charge on any atom is -0.384 e. The molecule has 0 saturated heterocycles. The van der Waals surface area contributed by atoms with Crippen LogP contribution in [-0.4, -0.2) is 11.7 Å². The highest BCUT2D eigenvalue weighted by Gasteiger charge is 2.24. The number of fused-ring (bicyclic) bond motifs is 1. The van der Waals surface area contributed by atoms with Crippen molar-refractivity contribution in [1.29, 1.82) is 5.41 Å². The van der Waals surface area contributed by atoms with Crippen LogP contribution in [0.15, 0.2) is 18.2 Å². The van der Waals surface area contributed by atoms with Crippen LogP contribution in [0.5, 0.6) is 0 Å². The number of nitrogens with one attached hydrogen (secondary N) is 1. The normalized spacial score (nSPS) is 14.4. The van der Waals surface area contributed by atoms with E-state index in [1.807, 2.05) is 0 Å². The van der Waals surface area contributed by atoms with E-state index < -0.39 is 0 Å². The number of hydrogen-bond donors (Lipinski definition) is 3. The molecule has 0 atom stereocenters. The van der Waals surface area contributed by atoms with E-state index in [1.165, 1.54) is 0 Å². The number of rotatable bonds is 1. The summed E-state index contributed by atoms with van der Waals surface area (Å²) in [5, 5.41) is 8.35. The number of amidine groups is 1. The summed E-state index contributed by atoms with van der Waals surface area (Å²) in [6, 6.07) is 5.15. The summed E-state index contributed by atoms with van der Waals surface area (Å²) in [5.74, 6) is 5.37. The fourth-order valence-corrected chi connectivity index (χ4v) is 1.49. The quantitative estimate of drug-likeness (QED) is 0.246. The topological polar surface area (TPSA) is 96.2 Å². The molecule has 0 aromatic heterocycles. The zero-order valence-corrected chi connectivity index (χ0v) is 7.45. The van der Waals surface area contributed by atoms with Crippen LogP contribution in [0.3, 0.4) is 0 Å². The van der Waals surface area contributed by atoms with E-state index in [0.717, 1.165) is 10.6 Å². The molecule has 1 aromatic carbocycles. The van der Waals surface area contributed by atoms with E-state index in [-0.39, 0.29) is 11.7 Å². The van der Waals surface area contributed by atoms with Crippen molar-refractivity contribution >= 4 is 17.4 Å². The average molecular weight is 190 g/mol. The van der Waals surface area contributed by atoms with Gasteiger partial charge in [-0.3, -0.25) is 10.2 Å². The molecule has 0 saturated carbocycles. The summed E-state index contributed by atoms with van der Waals surface area (Å²) in [7, 11) is 0. The SMILES string of the molecule is N=C(N)c1ccc2c(c1)N(N)C(=O)C2. The number of hydrogen-bond acceptors (Lipinski definition) is 3. The standard InChI is InChI=1S/C9H10N4O/c10-9(11)6-2-1-5-4-8(14)13(12)7(5)3-6/h1-3H,4,12H2,(H3,10,11). The number of amides is 1. The van der Waals surface area contributed by atoms with Crippen LogP contribution in [0.4, 0.5) is 5.69 Å². The Morgan fingerprint density at radius 2 is 2.21 bits per heavy atom. The summed E-state index contributed by atoms with van der Waals surface area (Å²) in [5.41, 5.74) is 7.42. The summed E-state index contributed by atoms with van der Waals surface area (Å²) in [6.07, 6.45) is 0.323. The van der Waals surface area contributed by atoms with Gasteiger partial charge in [-0.1, -0.05) is 12.1 Å². The Morgan fingerprint density at radius 1 is 1.50 bits per heavy atom. The molecule has 0 radical (unpaired) electrons. The fourth-order valence-electron chi connectivity index (χ4n) is 1.49. The number of nitrogen functional groups attached to an aromatic ring is 1. The minimum absolute atomic E-state index is 0.0273. The lowest BCUT2D eigenvalue weighted by atomic mass is 10.1. The Morgan fingerprint density at radius 3 is 2.86 bits per heavy atom. The molecule has 14 heavy (non-hydrogen) atoms. The number of nitrogens with two attached hydrogens (primary N) is 2. The van der Waals surface area contributed by atoms with Crippen molar-refractivity contribution in [1.82, 2.24) is 0 Å². The van der Waals surface area contributed by atoms with Crippen LogP contribution in [-0.2, 0) is 11.2 Å². The summed E-state index contributed by atoms with van der Waals surface area (Å²) in [4.78, 5) is 11.2. The first-order chi connectivity index (χ1) is 6.59. The van der Waals surface area contributed by atoms with E-state index in [0.29, 0.717) is 17.7 Å². The van der Waals surface area contributed by atoms with Gasteiger partial charge in [0.15, 0.2) is 0 Å². The summed E-state index contributed by atoms with van der Waals surface area (Å²) < 4.78 is 0. The van der Waals surface area contributed by atoms with Gasteiger partial charge in [-0.05, 0) is 11.6 Å². The number of hydrazine groups is 1. The molecule has 5 nitrogen and oxygen atoms in total. The summed E-state index contributed by atoms with van der Waals surface area (Å²) in [6.45, 7) is 0. The van der Waals surface area contributed by atoms with E-state index >= 15 is 0 Å². The second-order valence-corrected chi connectivity index (χ2v) is 3.20. The molecule has 1 amide bonds. The molecular weight excluding hydrogens is 180 g/mol. The van der Waals surface area contributed by atoms with Crippen molar-refractivity contribution in [3.8, 4) is 0 Å². The Kier molecular flexibility index (Phi) is 1.75. The third kappa shape index (κ3) is 1.14. The smallest absolute Gasteiger partial charge is 0.245 e. The van der Waals surface area contributed by atoms with Crippen molar-refractivity contribution in [2.24, 2.45) is 11.6 Å². The first kappa shape index (κ1) is 8.71. The number of nitrogens with zero attached hydrogens (tertiary/aromatic N) is 1. The van der Waals surface area contributed by atoms with Gasteiger partial charge in [0, 0.05) is 5.56 Å². The van der Waals surface area contributed by atoms with Crippen LogP contribution in [0.2, 0.25) is 0 Å². The Hall–Kier alpha value is -1.88. The van der Waals surface area contributed by atoms with Gasteiger partial charge in [0.05, 0.1) is 12.1 Å². The molecule has 0 spiro atoms. The van der Waals surface area contributed by atoms with Gasteiger partial charge in [0.1, 0.15) is 5.84 Å². The Labute approximate surface area is 80.8 Å². The second-order valence-electron chi connectivity index (χ2n) is 3.20. The Balaban J connectivity index is 2.51. The predicted molar refractivity (Wildman–Crippen MR) is 52.8 cm³/mol. The number of anilines is 1. The molecule has 0 aliphatic carbocycles. The number of carbonyl (C=O) groups excluding carboxylic acids is 1. The lowest BCUT2D eigenvalue weighted by molar-refractivity contribution is -0.117. The maximum absolute atomic E-state index is 11.2. The second kappa shape index (κ2) is 2.81. The minimum atomic E-state index is -0.138. The molecule has 0 bridgehead atoms. The van der Waals surface area contributed by atoms with Crippen molar-refractivity contribution in [3.63, 3.8) is 0 Å². The largest absolute Gasteiger partial charge is 0.384 e. The molecule has 0 fully saturated rings. The molecule has 0 unspecified atom stereocenters. The van der Waals surface area contributed by atoms with Crippen LogP contribution >= 0.6 is 0 Å². The molecule has 5 N–H and O–H groups in total. The fraction of sp³-hybridized carbons (Fsp3) is 0.111.